The molecule has 5 heteroatoms. The lowest BCUT2D eigenvalue weighted by atomic mass is 9.96. The molecule has 1 N–H and O–H groups in total. The number of carbonyl (C=O) groups is 1. The highest BCUT2D eigenvalue weighted by Crippen LogP contribution is 2.35. The van der Waals surface area contributed by atoms with Gasteiger partial charge in [0.25, 0.3) is 0 Å². The number of anilines is 1. The normalized spacial score (nSPS) is 19.8. The maximum absolute atomic E-state index is 12.4. The molecule has 1 saturated heterocycles. The van der Waals surface area contributed by atoms with E-state index in [1.54, 1.807) is 0 Å². The van der Waals surface area contributed by atoms with E-state index in [0.717, 1.165) is 23.2 Å². The minimum atomic E-state index is -0.522. The third-order valence-corrected chi connectivity index (χ3v) is 5.03. The minimum Gasteiger partial charge on any atom is -0.355 e. The lowest BCUT2D eigenvalue weighted by Gasteiger charge is -2.46. The fourth-order valence-electron chi connectivity index (χ4n) is 2.81. The fraction of sp³-hybridized carbons (Fsp3) is 0.562. The second-order valence-electron chi connectivity index (χ2n) is 6.16. The number of halogens is 1. The van der Waals surface area contributed by atoms with Gasteiger partial charge >= 0.3 is 0 Å². The Balaban J connectivity index is 2.36. The molecular weight excluding hydrogens is 330 g/mol. The van der Waals surface area contributed by atoms with Crippen molar-refractivity contribution in [3.8, 4) is 0 Å². The topological polar surface area (TPSA) is 35.6 Å². The average molecular weight is 354 g/mol. The molecule has 0 aromatic heterocycles. The van der Waals surface area contributed by atoms with Crippen LogP contribution in [0.1, 0.15) is 32.4 Å². The first-order valence-corrected chi connectivity index (χ1v) is 8.08. The van der Waals surface area contributed by atoms with Crippen molar-refractivity contribution in [2.24, 2.45) is 0 Å². The summed E-state index contributed by atoms with van der Waals surface area (Å²) in [4.78, 5) is 16.4. The van der Waals surface area contributed by atoms with E-state index >= 15 is 0 Å². The first-order chi connectivity index (χ1) is 9.78. The van der Waals surface area contributed by atoms with E-state index in [4.69, 9.17) is 0 Å². The van der Waals surface area contributed by atoms with Crippen molar-refractivity contribution in [3.05, 3.63) is 28.2 Å². The summed E-state index contributed by atoms with van der Waals surface area (Å²) in [6, 6.07) is 6.67. The van der Waals surface area contributed by atoms with Crippen LogP contribution in [0.5, 0.6) is 0 Å². The zero-order valence-corrected chi connectivity index (χ0v) is 15.0. The summed E-state index contributed by atoms with van der Waals surface area (Å²) in [6.07, 6.45) is 0. The minimum absolute atomic E-state index is 0.160. The van der Waals surface area contributed by atoms with Crippen molar-refractivity contribution in [2.75, 3.05) is 32.1 Å². The van der Waals surface area contributed by atoms with Gasteiger partial charge in [-0.05, 0) is 61.4 Å². The van der Waals surface area contributed by atoms with Gasteiger partial charge in [-0.1, -0.05) is 6.07 Å². The van der Waals surface area contributed by atoms with Crippen LogP contribution in [0.25, 0.3) is 0 Å². The van der Waals surface area contributed by atoms with Gasteiger partial charge in [0.1, 0.15) is 5.54 Å². The molecule has 2 rings (SSSR count). The lowest BCUT2D eigenvalue weighted by molar-refractivity contribution is -0.136. The standard InChI is InChI=1S/C16H24BrN3O/c1-11(18-4)12-6-7-14(13(17)10-12)20-9-8-19(5)15(21)16(20,2)3/h6-7,10-11,18H,8-9H2,1-5H3. The first kappa shape index (κ1) is 16.3. The van der Waals surface area contributed by atoms with E-state index in [9.17, 15) is 4.79 Å². The summed E-state index contributed by atoms with van der Waals surface area (Å²) in [5.74, 6) is 0.160. The fourth-order valence-corrected chi connectivity index (χ4v) is 3.42. The van der Waals surface area contributed by atoms with Crippen LogP contribution in [0.3, 0.4) is 0 Å². The number of hydrogen-bond acceptors (Lipinski definition) is 3. The molecule has 1 heterocycles. The number of nitrogens with zero attached hydrogens (tertiary/aromatic N) is 2. The molecule has 116 valence electrons. The Kier molecular flexibility index (Phi) is 4.63. The number of benzene rings is 1. The highest BCUT2D eigenvalue weighted by atomic mass is 79.9. The molecule has 1 fully saturated rings. The van der Waals surface area contributed by atoms with Gasteiger partial charge in [0.2, 0.25) is 5.91 Å². The predicted molar refractivity (Wildman–Crippen MR) is 90.7 cm³/mol. The molecular formula is C16H24BrN3O. The number of hydrogen-bond donors (Lipinski definition) is 1. The third-order valence-electron chi connectivity index (χ3n) is 4.40. The smallest absolute Gasteiger partial charge is 0.247 e. The van der Waals surface area contributed by atoms with E-state index < -0.39 is 5.54 Å². The van der Waals surface area contributed by atoms with Gasteiger partial charge in [0, 0.05) is 30.7 Å². The molecule has 1 aromatic carbocycles. The average Bonchev–Trinajstić information content (AvgIpc) is 2.45. The van der Waals surface area contributed by atoms with Crippen molar-refractivity contribution in [3.63, 3.8) is 0 Å². The SMILES string of the molecule is CNC(C)c1ccc(N2CCN(C)C(=O)C2(C)C)c(Br)c1. The van der Waals surface area contributed by atoms with Crippen molar-refractivity contribution >= 4 is 27.5 Å². The van der Waals surface area contributed by atoms with Crippen LogP contribution in [0.2, 0.25) is 0 Å². The lowest BCUT2D eigenvalue weighted by Crippen LogP contribution is -2.62. The van der Waals surface area contributed by atoms with Crippen LogP contribution < -0.4 is 10.2 Å². The van der Waals surface area contributed by atoms with E-state index in [2.05, 4.69) is 51.3 Å². The van der Waals surface area contributed by atoms with Crippen molar-refractivity contribution in [1.29, 1.82) is 0 Å². The van der Waals surface area contributed by atoms with Crippen molar-refractivity contribution < 1.29 is 4.79 Å². The Hall–Kier alpha value is -1.07. The van der Waals surface area contributed by atoms with Gasteiger partial charge in [-0.15, -0.1) is 0 Å². The Morgan fingerprint density at radius 2 is 2.00 bits per heavy atom. The molecule has 1 aliphatic rings. The summed E-state index contributed by atoms with van der Waals surface area (Å²) >= 11 is 3.67. The highest BCUT2D eigenvalue weighted by molar-refractivity contribution is 9.10. The molecule has 1 amide bonds. The van der Waals surface area contributed by atoms with Crippen LogP contribution in [0, 0.1) is 0 Å². The number of amides is 1. The van der Waals surface area contributed by atoms with Crippen molar-refractivity contribution in [2.45, 2.75) is 32.4 Å². The van der Waals surface area contributed by atoms with Gasteiger partial charge in [-0.3, -0.25) is 4.79 Å². The zero-order valence-electron chi connectivity index (χ0n) is 13.4. The van der Waals surface area contributed by atoms with E-state index in [1.807, 2.05) is 32.8 Å². The first-order valence-electron chi connectivity index (χ1n) is 7.29. The summed E-state index contributed by atoms with van der Waals surface area (Å²) in [7, 11) is 3.82. The summed E-state index contributed by atoms with van der Waals surface area (Å²) in [5, 5.41) is 3.24. The van der Waals surface area contributed by atoms with Crippen LogP contribution in [-0.4, -0.2) is 43.5 Å². The largest absolute Gasteiger partial charge is 0.355 e. The number of rotatable bonds is 3. The Morgan fingerprint density at radius 3 is 2.57 bits per heavy atom. The number of carbonyl (C=O) groups excluding carboxylic acids is 1. The van der Waals surface area contributed by atoms with Crippen LogP contribution >= 0.6 is 15.9 Å². The summed E-state index contributed by atoms with van der Waals surface area (Å²) < 4.78 is 1.03. The quantitative estimate of drug-likeness (QED) is 0.907. The molecule has 0 saturated carbocycles. The van der Waals surface area contributed by atoms with Gasteiger partial charge < -0.3 is 15.1 Å². The molecule has 0 bridgehead atoms. The molecule has 1 aliphatic heterocycles. The van der Waals surface area contributed by atoms with Crippen LogP contribution in [-0.2, 0) is 4.79 Å². The van der Waals surface area contributed by atoms with Crippen LogP contribution in [0.4, 0.5) is 5.69 Å². The highest BCUT2D eigenvalue weighted by Gasteiger charge is 2.41. The van der Waals surface area contributed by atoms with E-state index in [0.29, 0.717) is 6.04 Å². The maximum Gasteiger partial charge on any atom is 0.247 e. The molecule has 1 aromatic rings. The van der Waals surface area contributed by atoms with Crippen molar-refractivity contribution in [1.82, 2.24) is 10.2 Å². The Morgan fingerprint density at radius 1 is 1.33 bits per heavy atom. The van der Waals surface area contributed by atoms with E-state index in [1.165, 1.54) is 5.56 Å². The second-order valence-corrected chi connectivity index (χ2v) is 7.01. The van der Waals surface area contributed by atoms with Gasteiger partial charge in [-0.2, -0.15) is 0 Å². The number of nitrogens with one attached hydrogen (secondary N) is 1. The monoisotopic (exact) mass is 353 g/mol. The van der Waals surface area contributed by atoms with Gasteiger partial charge in [0.15, 0.2) is 0 Å². The number of likely N-dealkylation sites (N-methyl/N-ethyl adjacent to an activating group) is 1. The molecule has 4 nitrogen and oxygen atoms in total. The summed E-state index contributed by atoms with van der Waals surface area (Å²) in [6.45, 7) is 7.70. The maximum atomic E-state index is 12.4. The summed E-state index contributed by atoms with van der Waals surface area (Å²) in [5.41, 5.74) is 1.78. The predicted octanol–water partition coefficient (Wildman–Crippen LogP) is 2.79. The molecule has 0 aliphatic carbocycles. The number of piperazine rings is 1. The zero-order chi connectivity index (χ0) is 15.8. The third kappa shape index (κ3) is 2.94. The molecule has 1 atom stereocenters. The van der Waals surface area contributed by atoms with Gasteiger partial charge in [-0.25, -0.2) is 0 Å². The van der Waals surface area contributed by atoms with Crippen LogP contribution in [0.15, 0.2) is 22.7 Å². The second kappa shape index (κ2) is 5.97. The van der Waals surface area contributed by atoms with E-state index in [-0.39, 0.29) is 5.91 Å². The molecule has 21 heavy (non-hydrogen) atoms. The Bertz CT molecular complexity index is 544. The molecule has 0 radical (unpaired) electrons. The molecule has 1 unspecified atom stereocenters. The molecule has 0 spiro atoms. The Labute approximate surface area is 135 Å². The van der Waals surface area contributed by atoms with Gasteiger partial charge in [0.05, 0.1) is 5.69 Å².